The summed E-state index contributed by atoms with van der Waals surface area (Å²) in [6, 6.07) is 0. The average molecular weight is 429 g/mol. The molecule has 0 amide bonds. The molecule has 0 aromatic rings. The van der Waals surface area contributed by atoms with Crippen molar-refractivity contribution < 1.29 is 10.2 Å². The average Bonchev–Trinajstić information content (AvgIpc) is 3.06. The molecule has 4 rings (SSSR count). The molecule has 10 atom stereocenters. The molecule has 0 saturated heterocycles. The van der Waals surface area contributed by atoms with Crippen molar-refractivity contribution in [1.82, 2.24) is 0 Å². The fourth-order valence-electron chi connectivity index (χ4n) is 9.07. The SMILES string of the molecule is C=C(C)[C@H](CC)CC[C@@H](C)[C@H]1CC[C@H]2[C@@H]3[C@H](O)C=C4C[C@@H](O)CC[C@]4(C)[C@H]3CC[C@]12C. The molecule has 4 aliphatic carbocycles. The summed E-state index contributed by atoms with van der Waals surface area (Å²) in [6.07, 6.45) is 13.5. The molecule has 3 fully saturated rings. The molecule has 0 aromatic carbocycles. The van der Waals surface area contributed by atoms with Gasteiger partial charge in [-0.15, -0.1) is 0 Å². The van der Waals surface area contributed by atoms with Crippen molar-refractivity contribution in [1.29, 1.82) is 0 Å². The molecule has 4 aliphatic rings. The molecule has 31 heavy (non-hydrogen) atoms. The lowest BCUT2D eigenvalue weighted by atomic mass is 9.46. The van der Waals surface area contributed by atoms with E-state index in [9.17, 15) is 10.2 Å². The Hall–Kier alpha value is -0.600. The summed E-state index contributed by atoms with van der Waals surface area (Å²) >= 11 is 0. The quantitative estimate of drug-likeness (QED) is 0.451. The molecule has 0 aromatic heterocycles. The van der Waals surface area contributed by atoms with E-state index in [0.717, 1.165) is 31.1 Å². The van der Waals surface area contributed by atoms with Crippen LogP contribution in [0.25, 0.3) is 0 Å². The molecule has 0 radical (unpaired) electrons. The van der Waals surface area contributed by atoms with E-state index >= 15 is 0 Å². The van der Waals surface area contributed by atoms with Crippen LogP contribution in [-0.2, 0) is 0 Å². The number of aliphatic hydroxyl groups excluding tert-OH is 2. The normalized spacial score (nSPS) is 46.4. The van der Waals surface area contributed by atoms with Crippen molar-refractivity contribution in [2.75, 3.05) is 0 Å². The monoisotopic (exact) mass is 428 g/mol. The van der Waals surface area contributed by atoms with Crippen LogP contribution < -0.4 is 0 Å². The van der Waals surface area contributed by atoms with Crippen LogP contribution in [0.1, 0.15) is 98.8 Å². The van der Waals surface area contributed by atoms with Gasteiger partial charge in [-0.3, -0.25) is 0 Å². The minimum absolute atomic E-state index is 0.198. The molecule has 2 nitrogen and oxygen atoms in total. The topological polar surface area (TPSA) is 40.5 Å². The van der Waals surface area contributed by atoms with E-state index in [1.54, 1.807) is 0 Å². The van der Waals surface area contributed by atoms with Crippen LogP contribution in [0, 0.1) is 46.3 Å². The van der Waals surface area contributed by atoms with Crippen molar-refractivity contribution in [3.05, 3.63) is 23.8 Å². The molecule has 0 spiro atoms. The lowest BCUT2D eigenvalue weighted by Crippen LogP contribution is -2.54. The van der Waals surface area contributed by atoms with Crippen molar-refractivity contribution in [2.45, 2.75) is 111 Å². The van der Waals surface area contributed by atoms with Crippen molar-refractivity contribution in [2.24, 2.45) is 46.3 Å². The van der Waals surface area contributed by atoms with Crippen LogP contribution in [0.2, 0.25) is 0 Å². The highest BCUT2D eigenvalue weighted by Gasteiger charge is 2.61. The van der Waals surface area contributed by atoms with Crippen LogP contribution >= 0.6 is 0 Å². The first-order valence-corrected chi connectivity index (χ1v) is 13.3. The largest absolute Gasteiger partial charge is 0.393 e. The maximum absolute atomic E-state index is 11.3. The van der Waals surface area contributed by atoms with Gasteiger partial charge in [0.15, 0.2) is 0 Å². The van der Waals surface area contributed by atoms with E-state index in [2.05, 4.69) is 47.3 Å². The molecule has 0 aliphatic heterocycles. The van der Waals surface area contributed by atoms with Gasteiger partial charge in [-0.25, -0.2) is 0 Å². The lowest BCUT2D eigenvalue weighted by Gasteiger charge is -2.59. The van der Waals surface area contributed by atoms with Crippen LogP contribution in [-0.4, -0.2) is 22.4 Å². The number of rotatable bonds is 6. The van der Waals surface area contributed by atoms with Gasteiger partial charge in [0.1, 0.15) is 0 Å². The molecule has 0 heterocycles. The van der Waals surface area contributed by atoms with Gasteiger partial charge < -0.3 is 10.2 Å². The Morgan fingerprint density at radius 3 is 2.52 bits per heavy atom. The standard InChI is InChI=1S/C29H48O2/c1-7-20(18(2)3)9-8-19(4)23-10-11-24-27-25(13-15-29(23,24)6)28(5)14-12-22(30)16-21(28)17-26(27)31/h17,19-20,22-27,30-31H,2,7-16H2,1,3-6H3/t19-,20-,22+,23-,24+,25+,26-,27+,28+,29-/m1/s1. The highest BCUT2D eigenvalue weighted by Crippen LogP contribution is 2.67. The van der Waals surface area contributed by atoms with Gasteiger partial charge in [0, 0.05) is 0 Å². The first-order valence-electron chi connectivity index (χ1n) is 13.3. The molecule has 176 valence electrons. The van der Waals surface area contributed by atoms with Crippen molar-refractivity contribution in [3.63, 3.8) is 0 Å². The number of allylic oxidation sites excluding steroid dienone is 1. The van der Waals surface area contributed by atoms with E-state index < -0.39 is 0 Å². The highest BCUT2D eigenvalue weighted by atomic mass is 16.3. The third-order valence-corrected chi connectivity index (χ3v) is 11.0. The molecule has 3 saturated carbocycles. The van der Waals surface area contributed by atoms with Crippen LogP contribution in [0.3, 0.4) is 0 Å². The summed E-state index contributed by atoms with van der Waals surface area (Å²) in [5.74, 6) is 3.88. The van der Waals surface area contributed by atoms with Crippen LogP contribution in [0.15, 0.2) is 23.8 Å². The van der Waals surface area contributed by atoms with E-state index in [1.165, 1.54) is 56.1 Å². The molecular weight excluding hydrogens is 380 g/mol. The molecule has 0 bridgehead atoms. The minimum atomic E-state index is -0.315. The van der Waals surface area contributed by atoms with E-state index in [1.807, 2.05) is 0 Å². The van der Waals surface area contributed by atoms with Crippen LogP contribution in [0.5, 0.6) is 0 Å². The first-order chi connectivity index (χ1) is 14.6. The van der Waals surface area contributed by atoms with Crippen molar-refractivity contribution >= 4 is 0 Å². The lowest BCUT2D eigenvalue weighted by molar-refractivity contribution is -0.0971. The van der Waals surface area contributed by atoms with Crippen molar-refractivity contribution in [3.8, 4) is 0 Å². The number of hydrogen-bond acceptors (Lipinski definition) is 2. The first kappa shape index (κ1) is 23.6. The Balaban J connectivity index is 1.52. The summed E-state index contributed by atoms with van der Waals surface area (Å²) in [7, 11) is 0. The van der Waals surface area contributed by atoms with Gasteiger partial charge in [0.2, 0.25) is 0 Å². The fourth-order valence-corrected chi connectivity index (χ4v) is 9.07. The predicted molar refractivity (Wildman–Crippen MR) is 130 cm³/mol. The highest BCUT2D eigenvalue weighted by molar-refractivity contribution is 5.27. The molecule has 0 unspecified atom stereocenters. The summed E-state index contributed by atoms with van der Waals surface area (Å²) in [4.78, 5) is 0. The number of aliphatic hydroxyl groups is 2. The Morgan fingerprint density at radius 2 is 1.84 bits per heavy atom. The predicted octanol–water partition coefficient (Wildman–Crippen LogP) is 6.92. The Labute approximate surface area is 191 Å². The van der Waals surface area contributed by atoms with Gasteiger partial charge in [0.05, 0.1) is 12.2 Å². The van der Waals surface area contributed by atoms with Crippen LogP contribution in [0.4, 0.5) is 0 Å². The number of hydrogen-bond donors (Lipinski definition) is 2. The second kappa shape index (κ2) is 8.64. The van der Waals surface area contributed by atoms with Gasteiger partial charge in [-0.1, -0.05) is 51.5 Å². The van der Waals surface area contributed by atoms with Gasteiger partial charge in [-0.05, 0) is 117 Å². The molecular formula is C29H48O2. The maximum atomic E-state index is 11.3. The second-order valence-corrected chi connectivity index (χ2v) is 12.5. The summed E-state index contributed by atoms with van der Waals surface area (Å²) in [5.41, 5.74) is 3.29. The minimum Gasteiger partial charge on any atom is -0.393 e. The number of fused-ring (bicyclic) bond motifs is 5. The second-order valence-electron chi connectivity index (χ2n) is 12.5. The van der Waals surface area contributed by atoms with Gasteiger partial charge in [-0.2, -0.15) is 0 Å². The summed E-state index contributed by atoms with van der Waals surface area (Å²) in [6.45, 7) is 16.3. The Morgan fingerprint density at radius 1 is 1.10 bits per heavy atom. The zero-order chi connectivity index (χ0) is 22.6. The smallest absolute Gasteiger partial charge is 0.0757 e. The maximum Gasteiger partial charge on any atom is 0.0757 e. The fraction of sp³-hybridized carbons (Fsp3) is 0.862. The van der Waals surface area contributed by atoms with E-state index in [4.69, 9.17) is 0 Å². The Bertz CT molecular complexity index is 710. The van der Waals surface area contributed by atoms with E-state index in [0.29, 0.717) is 29.1 Å². The molecule has 2 heteroatoms. The zero-order valence-electron chi connectivity index (χ0n) is 20.9. The van der Waals surface area contributed by atoms with Gasteiger partial charge >= 0.3 is 0 Å². The third-order valence-electron chi connectivity index (χ3n) is 11.0. The summed E-state index contributed by atoms with van der Waals surface area (Å²) < 4.78 is 0. The van der Waals surface area contributed by atoms with E-state index in [-0.39, 0.29) is 17.6 Å². The summed E-state index contributed by atoms with van der Waals surface area (Å²) in [5, 5.41) is 21.6. The van der Waals surface area contributed by atoms with Gasteiger partial charge in [0.25, 0.3) is 0 Å². The Kier molecular flexibility index (Phi) is 6.56. The zero-order valence-corrected chi connectivity index (χ0v) is 20.9. The molecule has 2 N–H and O–H groups in total. The third kappa shape index (κ3) is 3.88.